The number of nitrogens with one attached hydrogen (secondary N) is 1. The van der Waals surface area contributed by atoms with E-state index in [1.807, 2.05) is 84.9 Å². The molecule has 0 bridgehead atoms. The maximum atomic E-state index is 4.48. The van der Waals surface area contributed by atoms with E-state index < -0.39 is 0 Å². The van der Waals surface area contributed by atoms with Gasteiger partial charge in [-0.25, -0.2) is 4.98 Å². The second kappa shape index (κ2) is 6.93. The van der Waals surface area contributed by atoms with Crippen LogP contribution in [0.15, 0.2) is 95.1 Å². The zero-order valence-corrected chi connectivity index (χ0v) is 13.5. The lowest BCUT2D eigenvalue weighted by Gasteiger charge is -2.04. The van der Waals surface area contributed by atoms with E-state index in [0.717, 1.165) is 27.9 Å². The summed E-state index contributed by atoms with van der Waals surface area (Å²) in [6, 6.07) is 28.0. The topological polar surface area (TPSA) is 53.4 Å². The Labute approximate surface area is 145 Å². The molecule has 3 aromatic carbocycles. The average molecular weight is 324 g/mol. The van der Waals surface area contributed by atoms with Crippen LogP contribution >= 0.6 is 0 Å². The molecule has 4 heteroatoms. The Balaban J connectivity index is 1.69. The van der Waals surface area contributed by atoms with Gasteiger partial charge in [-0.05, 0) is 12.1 Å². The molecule has 0 aliphatic heterocycles. The summed E-state index contributed by atoms with van der Waals surface area (Å²) in [6.07, 6.45) is 1.64. The Kier molecular flexibility index (Phi) is 4.16. The minimum atomic E-state index is 0.686. The molecule has 0 fully saturated rings. The molecule has 4 aromatic rings. The summed E-state index contributed by atoms with van der Waals surface area (Å²) >= 11 is 0. The van der Waals surface area contributed by atoms with Crippen LogP contribution in [0.5, 0.6) is 0 Å². The largest absolute Gasteiger partial charge is 0.337 e. The summed E-state index contributed by atoms with van der Waals surface area (Å²) in [5.74, 6) is 0.686. The van der Waals surface area contributed by atoms with E-state index >= 15 is 0 Å². The standard InChI is InChI=1S/C21H16N4/c1-3-9-16(10-4-1)21(17-11-5-2-6-12-17)25-22-15-20-23-18-13-7-8-14-19(18)24-20/h1-15H,(H,23,24)/b22-15-. The Morgan fingerprint density at radius 3 is 2.00 bits per heavy atom. The van der Waals surface area contributed by atoms with E-state index in [4.69, 9.17) is 0 Å². The molecule has 120 valence electrons. The van der Waals surface area contributed by atoms with Gasteiger partial charge in [-0.2, -0.15) is 5.10 Å². The molecule has 0 unspecified atom stereocenters. The molecule has 0 radical (unpaired) electrons. The van der Waals surface area contributed by atoms with E-state index in [1.54, 1.807) is 6.21 Å². The third-order valence-corrected chi connectivity index (χ3v) is 3.84. The van der Waals surface area contributed by atoms with Crippen molar-refractivity contribution in [3.63, 3.8) is 0 Å². The minimum absolute atomic E-state index is 0.686. The zero-order valence-electron chi connectivity index (χ0n) is 13.5. The molecule has 0 saturated carbocycles. The van der Waals surface area contributed by atoms with Crippen molar-refractivity contribution in [1.82, 2.24) is 9.97 Å². The van der Waals surface area contributed by atoms with Gasteiger partial charge in [0, 0.05) is 11.1 Å². The highest BCUT2D eigenvalue weighted by molar-refractivity contribution is 6.12. The first kappa shape index (κ1) is 15.0. The molecule has 1 N–H and O–H groups in total. The maximum absolute atomic E-state index is 4.48. The predicted molar refractivity (Wildman–Crippen MR) is 102 cm³/mol. The first-order chi connectivity index (χ1) is 12.4. The van der Waals surface area contributed by atoms with E-state index in [0.29, 0.717) is 5.82 Å². The number of aromatic amines is 1. The average Bonchev–Trinajstić information content (AvgIpc) is 3.09. The van der Waals surface area contributed by atoms with Crippen LogP contribution in [0.4, 0.5) is 0 Å². The van der Waals surface area contributed by atoms with Crippen molar-refractivity contribution in [3.05, 3.63) is 102 Å². The third-order valence-electron chi connectivity index (χ3n) is 3.84. The lowest BCUT2D eigenvalue weighted by atomic mass is 10.0. The number of rotatable bonds is 4. The number of aromatic nitrogens is 2. The van der Waals surface area contributed by atoms with Crippen LogP contribution in [-0.2, 0) is 0 Å². The van der Waals surface area contributed by atoms with Gasteiger partial charge >= 0.3 is 0 Å². The molecule has 0 amide bonds. The molecule has 25 heavy (non-hydrogen) atoms. The van der Waals surface area contributed by atoms with Crippen molar-refractivity contribution in [2.75, 3.05) is 0 Å². The fourth-order valence-electron chi connectivity index (χ4n) is 2.65. The number of imidazole rings is 1. The van der Waals surface area contributed by atoms with E-state index in [1.165, 1.54) is 0 Å². The van der Waals surface area contributed by atoms with Crippen molar-refractivity contribution in [2.24, 2.45) is 10.2 Å². The summed E-state index contributed by atoms with van der Waals surface area (Å²) in [5, 5.41) is 8.71. The number of benzene rings is 3. The van der Waals surface area contributed by atoms with Crippen LogP contribution in [-0.4, -0.2) is 21.9 Å². The summed E-state index contributed by atoms with van der Waals surface area (Å²) in [7, 11) is 0. The quantitative estimate of drug-likeness (QED) is 0.438. The van der Waals surface area contributed by atoms with Crippen LogP contribution in [0.25, 0.3) is 11.0 Å². The lowest BCUT2D eigenvalue weighted by molar-refractivity contribution is 1.21. The molecular formula is C21H16N4. The SMILES string of the molecule is C(=N/N=C(c1ccccc1)c1ccccc1)/c1nc2ccccc2[nH]1. The second-order valence-electron chi connectivity index (χ2n) is 5.56. The van der Waals surface area contributed by atoms with Crippen molar-refractivity contribution < 1.29 is 0 Å². The molecular weight excluding hydrogens is 308 g/mol. The monoisotopic (exact) mass is 324 g/mol. The highest BCUT2D eigenvalue weighted by Crippen LogP contribution is 2.12. The highest BCUT2D eigenvalue weighted by Gasteiger charge is 2.06. The number of H-pyrrole nitrogens is 1. The van der Waals surface area contributed by atoms with Gasteiger partial charge < -0.3 is 4.98 Å². The van der Waals surface area contributed by atoms with Gasteiger partial charge in [0.05, 0.1) is 17.2 Å². The summed E-state index contributed by atoms with van der Waals surface area (Å²) in [6.45, 7) is 0. The summed E-state index contributed by atoms with van der Waals surface area (Å²) < 4.78 is 0. The highest BCUT2D eigenvalue weighted by atomic mass is 15.2. The smallest absolute Gasteiger partial charge is 0.151 e. The molecule has 0 saturated heterocycles. The van der Waals surface area contributed by atoms with Crippen molar-refractivity contribution in [1.29, 1.82) is 0 Å². The van der Waals surface area contributed by atoms with Crippen LogP contribution < -0.4 is 0 Å². The van der Waals surface area contributed by atoms with Gasteiger partial charge in [0.2, 0.25) is 0 Å². The number of hydrogen-bond acceptors (Lipinski definition) is 3. The Bertz CT molecular complexity index is 957. The Morgan fingerprint density at radius 2 is 1.36 bits per heavy atom. The number of fused-ring (bicyclic) bond motifs is 1. The number of hydrogen-bond donors (Lipinski definition) is 1. The molecule has 0 aliphatic carbocycles. The lowest BCUT2D eigenvalue weighted by Crippen LogP contribution is -2.02. The van der Waals surface area contributed by atoms with Gasteiger partial charge in [0.25, 0.3) is 0 Å². The molecule has 1 aromatic heterocycles. The molecule has 1 heterocycles. The third kappa shape index (κ3) is 3.38. The van der Waals surface area contributed by atoms with Crippen LogP contribution in [0.1, 0.15) is 17.0 Å². The molecule has 0 spiro atoms. The molecule has 4 nitrogen and oxygen atoms in total. The second-order valence-corrected chi connectivity index (χ2v) is 5.56. The van der Waals surface area contributed by atoms with Crippen molar-refractivity contribution in [3.8, 4) is 0 Å². The van der Waals surface area contributed by atoms with Crippen molar-refractivity contribution >= 4 is 23.0 Å². The fourth-order valence-corrected chi connectivity index (χ4v) is 2.65. The normalized spacial score (nSPS) is 11.0. The van der Waals surface area contributed by atoms with Crippen LogP contribution in [0, 0.1) is 0 Å². The Morgan fingerprint density at radius 1 is 0.760 bits per heavy atom. The number of para-hydroxylation sites is 2. The zero-order chi connectivity index (χ0) is 16.9. The predicted octanol–water partition coefficient (Wildman–Crippen LogP) is 4.43. The van der Waals surface area contributed by atoms with Crippen molar-refractivity contribution in [2.45, 2.75) is 0 Å². The Hall–Kier alpha value is -3.53. The summed E-state index contributed by atoms with van der Waals surface area (Å²) in [5.41, 5.74) is 4.78. The first-order valence-electron chi connectivity index (χ1n) is 8.07. The summed E-state index contributed by atoms with van der Waals surface area (Å²) in [4.78, 5) is 7.70. The van der Waals surface area contributed by atoms with Gasteiger partial charge in [-0.15, -0.1) is 5.10 Å². The molecule has 4 rings (SSSR count). The van der Waals surface area contributed by atoms with Crippen LogP contribution in [0.2, 0.25) is 0 Å². The first-order valence-corrected chi connectivity index (χ1v) is 8.07. The van der Waals surface area contributed by atoms with E-state index in [-0.39, 0.29) is 0 Å². The van der Waals surface area contributed by atoms with E-state index in [2.05, 4.69) is 20.2 Å². The molecule has 0 atom stereocenters. The van der Waals surface area contributed by atoms with Gasteiger partial charge in [-0.1, -0.05) is 72.8 Å². The molecule has 0 aliphatic rings. The fraction of sp³-hybridized carbons (Fsp3) is 0. The van der Waals surface area contributed by atoms with Gasteiger partial charge in [0.15, 0.2) is 5.82 Å². The van der Waals surface area contributed by atoms with E-state index in [9.17, 15) is 0 Å². The van der Waals surface area contributed by atoms with Gasteiger partial charge in [0.1, 0.15) is 5.71 Å². The maximum Gasteiger partial charge on any atom is 0.151 e. The van der Waals surface area contributed by atoms with Crippen LogP contribution in [0.3, 0.4) is 0 Å². The number of nitrogens with zero attached hydrogens (tertiary/aromatic N) is 3. The van der Waals surface area contributed by atoms with Gasteiger partial charge in [-0.3, -0.25) is 0 Å². The minimum Gasteiger partial charge on any atom is -0.337 e.